The van der Waals surface area contributed by atoms with Crippen LogP contribution in [0, 0.1) is 5.92 Å². The first kappa shape index (κ1) is 21.4. The maximum atomic E-state index is 13.3. The molecule has 2 aliphatic heterocycles. The molecule has 4 fully saturated rings. The molecule has 2 amide bonds. The third kappa shape index (κ3) is 4.18. The molecule has 0 bridgehead atoms. The molecule has 6 heteroatoms. The van der Waals surface area contributed by atoms with Crippen molar-refractivity contribution in [1.82, 2.24) is 10.2 Å². The third-order valence-electron chi connectivity index (χ3n) is 8.04. The van der Waals surface area contributed by atoms with E-state index >= 15 is 0 Å². The second-order valence-electron chi connectivity index (χ2n) is 10.1. The number of anilines is 1. The van der Waals surface area contributed by atoms with Gasteiger partial charge in [0.15, 0.2) is 0 Å². The fraction of sp³-hybridized carbons (Fsp3) is 0.680. The van der Waals surface area contributed by atoms with E-state index in [0.29, 0.717) is 12.1 Å². The summed E-state index contributed by atoms with van der Waals surface area (Å²) >= 11 is 3.60. The molecule has 5 rings (SSSR count). The number of carbonyl (C=O) groups excluding carboxylic acids is 1. The zero-order valence-electron chi connectivity index (χ0n) is 18.7. The van der Waals surface area contributed by atoms with Crippen LogP contribution in [0.4, 0.5) is 10.5 Å². The average Bonchev–Trinajstić information content (AvgIpc) is 2.97. The van der Waals surface area contributed by atoms with Crippen LogP contribution in [0.15, 0.2) is 33.7 Å². The fourth-order valence-electron chi connectivity index (χ4n) is 6.06. The van der Waals surface area contributed by atoms with Gasteiger partial charge < -0.3 is 4.90 Å². The van der Waals surface area contributed by atoms with Crippen LogP contribution in [0.2, 0.25) is 0 Å². The SMILES string of the molecule is C[C@@H]1C[C@]2(CCN1CC1CCC1)C(=NC1CCCCC1)NC(=O)N2c1cccc(Br)c1. The second-order valence-corrected chi connectivity index (χ2v) is 11.1. The highest BCUT2D eigenvalue weighted by Gasteiger charge is 2.54. The standard InChI is InChI=1S/C25H35BrN4O/c1-18-16-25(13-14-29(18)17-19-7-5-8-19)23(27-21-10-3-2-4-11-21)28-24(31)30(25)22-12-6-9-20(26)15-22/h6,9,12,15,18-19,21H,2-5,7-8,10-11,13-14,16-17H2,1H3,(H,27,28,31)/t18-,25-/m1/s1. The minimum absolute atomic E-state index is 0.0210. The Morgan fingerprint density at radius 3 is 2.65 bits per heavy atom. The van der Waals surface area contributed by atoms with Crippen molar-refractivity contribution in [3.05, 3.63) is 28.7 Å². The number of likely N-dealkylation sites (tertiary alicyclic amines) is 1. The molecule has 1 N–H and O–H groups in total. The lowest BCUT2D eigenvalue weighted by atomic mass is 9.79. The van der Waals surface area contributed by atoms with E-state index in [1.807, 2.05) is 17.0 Å². The van der Waals surface area contributed by atoms with Gasteiger partial charge >= 0.3 is 6.03 Å². The van der Waals surface area contributed by atoms with Crippen LogP contribution >= 0.6 is 15.9 Å². The number of amidine groups is 1. The van der Waals surface area contributed by atoms with E-state index in [1.54, 1.807) is 0 Å². The van der Waals surface area contributed by atoms with Crippen molar-refractivity contribution in [2.45, 2.75) is 88.8 Å². The van der Waals surface area contributed by atoms with Crippen LogP contribution in [0.1, 0.15) is 71.1 Å². The van der Waals surface area contributed by atoms with Gasteiger partial charge in [0.1, 0.15) is 11.4 Å². The number of aliphatic imine (C=N–C) groups is 1. The molecule has 1 spiro atoms. The normalized spacial score (nSPS) is 31.9. The highest BCUT2D eigenvalue weighted by atomic mass is 79.9. The minimum atomic E-state index is -0.356. The van der Waals surface area contributed by atoms with E-state index < -0.39 is 0 Å². The Morgan fingerprint density at radius 2 is 1.97 bits per heavy atom. The van der Waals surface area contributed by atoms with Crippen LogP contribution in [0.5, 0.6) is 0 Å². The van der Waals surface area contributed by atoms with E-state index in [4.69, 9.17) is 4.99 Å². The van der Waals surface area contributed by atoms with Crippen molar-refractivity contribution in [2.75, 3.05) is 18.0 Å². The quantitative estimate of drug-likeness (QED) is 0.590. The van der Waals surface area contributed by atoms with E-state index in [0.717, 1.165) is 54.1 Å². The Bertz CT molecular complexity index is 848. The molecule has 4 aliphatic rings. The summed E-state index contributed by atoms with van der Waals surface area (Å²) in [5.74, 6) is 1.80. The van der Waals surface area contributed by atoms with Crippen molar-refractivity contribution >= 4 is 33.5 Å². The first-order valence-electron chi connectivity index (χ1n) is 12.2. The lowest BCUT2D eigenvalue weighted by molar-refractivity contribution is 0.0907. The van der Waals surface area contributed by atoms with E-state index in [1.165, 1.54) is 45.1 Å². The van der Waals surface area contributed by atoms with Gasteiger partial charge in [0.05, 0.1) is 6.04 Å². The van der Waals surface area contributed by atoms with Crippen LogP contribution in [0.3, 0.4) is 0 Å². The molecule has 2 heterocycles. The van der Waals surface area contributed by atoms with Gasteiger partial charge in [-0.05, 0) is 69.6 Å². The number of hydrogen-bond donors (Lipinski definition) is 1. The van der Waals surface area contributed by atoms with E-state index in [9.17, 15) is 4.79 Å². The number of nitrogens with one attached hydrogen (secondary N) is 1. The van der Waals surface area contributed by atoms with Crippen LogP contribution in [-0.2, 0) is 0 Å². The Kier molecular flexibility index (Phi) is 6.13. The Labute approximate surface area is 194 Å². The summed E-state index contributed by atoms with van der Waals surface area (Å²) in [6.45, 7) is 4.59. The predicted octanol–water partition coefficient (Wildman–Crippen LogP) is 5.73. The number of benzene rings is 1. The number of halogens is 1. The Hall–Kier alpha value is -1.40. The van der Waals surface area contributed by atoms with E-state index in [2.05, 4.69) is 45.2 Å². The van der Waals surface area contributed by atoms with Crippen molar-refractivity contribution in [1.29, 1.82) is 0 Å². The van der Waals surface area contributed by atoms with Gasteiger partial charge in [0.25, 0.3) is 0 Å². The predicted molar refractivity (Wildman–Crippen MR) is 130 cm³/mol. The summed E-state index contributed by atoms with van der Waals surface area (Å²) in [6.07, 6.45) is 12.2. The maximum absolute atomic E-state index is 13.3. The molecular formula is C25H35BrN4O. The van der Waals surface area contributed by atoms with Gasteiger partial charge in [0, 0.05) is 29.3 Å². The number of urea groups is 1. The number of piperidine rings is 1. The smallest absolute Gasteiger partial charge is 0.300 e. The molecule has 5 nitrogen and oxygen atoms in total. The summed E-state index contributed by atoms with van der Waals surface area (Å²) < 4.78 is 1.00. The molecule has 168 valence electrons. The van der Waals surface area contributed by atoms with E-state index in [-0.39, 0.29) is 11.6 Å². The lowest BCUT2D eigenvalue weighted by Crippen LogP contribution is -2.60. The van der Waals surface area contributed by atoms with Crippen LogP contribution in [0.25, 0.3) is 0 Å². The minimum Gasteiger partial charge on any atom is -0.300 e. The first-order valence-corrected chi connectivity index (χ1v) is 13.0. The number of nitrogens with zero attached hydrogens (tertiary/aromatic N) is 3. The number of carbonyl (C=O) groups is 1. The number of amides is 2. The monoisotopic (exact) mass is 486 g/mol. The Balaban J connectivity index is 1.47. The zero-order valence-corrected chi connectivity index (χ0v) is 20.2. The molecule has 0 radical (unpaired) electrons. The third-order valence-corrected chi connectivity index (χ3v) is 8.53. The second kappa shape index (κ2) is 8.86. The molecule has 1 aromatic rings. The van der Waals surface area contributed by atoms with Gasteiger partial charge in [-0.2, -0.15) is 0 Å². The molecule has 2 saturated carbocycles. The number of hydrogen-bond acceptors (Lipinski definition) is 3. The van der Waals surface area contributed by atoms with Gasteiger partial charge in [0.2, 0.25) is 0 Å². The van der Waals surface area contributed by atoms with Crippen molar-refractivity contribution in [3.8, 4) is 0 Å². The molecule has 0 aromatic heterocycles. The first-order chi connectivity index (χ1) is 15.0. The van der Waals surface area contributed by atoms with Crippen LogP contribution in [-0.4, -0.2) is 47.5 Å². The van der Waals surface area contributed by atoms with Crippen molar-refractivity contribution in [3.63, 3.8) is 0 Å². The molecule has 2 saturated heterocycles. The number of rotatable bonds is 4. The molecule has 2 aliphatic carbocycles. The molecule has 1 aromatic carbocycles. The molecule has 2 atom stereocenters. The Morgan fingerprint density at radius 1 is 1.16 bits per heavy atom. The molecule has 31 heavy (non-hydrogen) atoms. The maximum Gasteiger partial charge on any atom is 0.328 e. The van der Waals surface area contributed by atoms with Gasteiger partial charge in [-0.3, -0.25) is 15.2 Å². The van der Waals surface area contributed by atoms with Crippen molar-refractivity contribution in [2.24, 2.45) is 10.9 Å². The summed E-state index contributed by atoms with van der Waals surface area (Å²) in [5, 5.41) is 3.23. The highest BCUT2D eigenvalue weighted by Crippen LogP contribution is 2.42. The van der Waals surface area contributed by atoms with Crippen LogP contribution < -0.4 is 10.2 Å². The lowest BCUT2D eigenvalue weighted by Gasteiger charge is -2.48. The van der Waals surface area contributed by atoms with Gasteiger partial charge in [-0.25, -0.2) is 4.79 Å². The molecular weight excluding hydrogens is 452 g/mol. The summed E-state index contributed by atoms with van der Waals surface area (Å²) in [6, 6.07) is 8.93. The van der Waals surface area contributed by atoms with Crippen molar-refractivity contribution < 1.29 is 4.79 Å². The summed E-state index contributed by atoms with van der Waals surface area (Å²) in [5.41, 5.74) is 0.602. The topological polar surface area (TPSA) is 47.9 Å². The largest absolute Gasteiger partial charge is 0.328 e. The molecule has 0 unspecified atom stereocenters. The zero-order chi connectivity index (χ0) is 21.4. The average molecular weight is 487 g/mol. The van der Waals surface area contributed by atoms with Gasteiger partial charge in [-0.1, -0.05) is 47.7 Å². The summed E-state index contributed by atoms with van der Waals surface area (Å²) in [4.78, 5) is 23.2. The highest BCUT2D eigenvalue weighted by molar-refractivity contribution is 9.10. The summed E-state index contributed by atoms with van der Waals surface area (Å²) in [7, 11) is 0. The van der Waals surface area contributed by atoms with Gasteiger partial charge in [-0.15, -0.1) is 0 Å². The fourth-order valence-corrected chi connectivity index (χ4v) is 6.45.